The average Bonchev–Trinajstić information content (AvgIpc) is 3.08. The molecule has 0 aliphatic heterocycles. The molecule has 5 nitrogen and oxygen atoms in total. The number of rotatable bonds is 6. The van der Waals surface area contributed by atoms with Crippen LogP contribution in [0.5, 0.6) is 5.75 Å². The number of para-hydroxylation sites is 1. The van der Waals surface area contributed by atoms with Gasteiger partial charge < -0.3 is 9.15 Å². The molecule has 0 spiro atoms. The summed E-state index contributed by atoms with van der Waals surface area (Å²) in [4.78, 5) is 11.9. The number of hydrogen-bond acceptors (Lipinski definition) is 4. The number of carbonyl (C=O) groups excluding carboxylic acids is 1. The highest BCUT2D eigenvalue weighted by Crippen LogP contribution is 2.17. The fraction of sp³-hybridized carbons (Fsp3) is 0.100. The molecule has 0 aliphatic rings. The number of benzene rings is 2. The van der Waals surface area contributed by atoms with E-state index in [1.165, 1.54) is 0 Å². The number of hydrogen-bond donors (Lipinski definition) is 1. The van der Waals surface area contributed by atoms with E-state index >= 15 is 0 Å². The van der Waals surface area contributed by atoms with Crippen LogP contribution in [0.1, 0.15) is 27.4 Å². The molecule has 0 saturated heterocycles. The van der Waals surface area contributed by atoms with Crippen molar-refractivity contribution in [2.45, 2.75) is 13.5 Å². The molecule has 0 radical (unpaired) electrons. The minimum absolute atomic E-state index is 0.225. The lowest BCUT2D eigenvalue weighted by Gasteiger charge is -2.08. The maximum Gasteiger partial charge on any atom is 0.307 e. The summed E-state index contributed by atoms with van der Waals surface area (Å²) in [7, 11) is 0. The van der Waals surface area contributed by atoms with Gasteiger partial charge in [-0.2, -0.15) is 5.10 Å². The van der Waals surface area contributed by atoms with E-state index in [0.29, 0.717) is 18.1 Å². The van der Waals surface area contributed by atoms with Crippen molar-refractivity contribution in [1.29, 1.82) is 0 Å². The van der Waals surface area contributed by atoms with Crippen molar-refractivity contribution in [1.82, 2.24) is 5.43 Å². The van der Waals surface area contributed by atoms with Crippen LogP contribution >= 0.6 is 0 Å². The van der Waals surface area contributed by atoms with Crippen LogP contribution in [0.4, 0.5) is 0 Å². The first-order valence-electron chi connectivity index (χ1n) is 7.88. The lowest BCUT2D eigenvalue weighted by molar-refractivity contribution is 0.0926. The van der Waals surface area contributed by atoms with Crippen LogP contribution in [0.3, 0.4) is 0 Å². The highest BCUT2D eigenvalue weighted by molar-refractivity contribution is 5.92. The van der Waals surface area contributed by atoms with E-state index in [2.05, 4.69) is 10.5 Å². The summed E-state index contributed by atoms with van der Waals surface area (Å²) >= 11 is 0. The summed E-state index contributed by atoms with van der Waals surface area (Å²) < 4.78 is 11.1. The molecule has 3 aromatic rings. The fourth-order valence-electron chi connectivity index (χ4n) is 2.23. The zero-order chi connectivity index (χ0) is 17.5. The Kier molecular flexibility index (Phi) is 5.26. The minimum atomic E-state index is -0.396. The van der Waals surface area contributed by atoms with Crippen molar-refractivity contribution in [3.63, 3.8) is 0 Å². The smallest absolute Gasteiger partial charge is 0.307 e. The van der Waals surface area contributed by atoms with Crippen LogP contribution in [-0.2, 0) is 6.61 Å². The second-order valence-electron chi connectivity index (χ2n) is 5.42. The first-order valence-corrected chi connectivity index (χ1v) is 7.88. The molecule has 1 aromatic heterocycles. The van der Waals surface area contributed by atoms with Gasteiger partial charge in [-0.05, 0) is 36.8 Å². The molecule has 126 valence electrons. The number of hydrazone groups is 1. The molecular formula is C20H18N2O3. The molecule has 1 heterocycles. The van der Waals surface area contributed by atoms with Gasteiger partial charge in [0.25, 0.3) is 0 Å². The Labute approximate surface area is 145 Å². The summed E-state index contributed by atoms with van der Waals surface area (Å²) in [6.45, 7) is 2.24. The zero-order valence-corrected chi connectivity index (χ0v) is 13.8. The fourth-order valence-corrected chi connectivity index (χ4v) is 2.23. The van der Waals surface area contributed by atoms with E-state index in [1.807, 2.05) is 54.6 Å². The van der Waals surface area contributed by atoms with Crippen LogP contribution in [0.25, 0.3) is 0 Å². The predicted octanol–water partition coefficient (Wildman–Crippen LogP) is 3.93. The number of nitrogens with one attached hydrogen (secondary N) is 1. The van der Waals surface area contributed by atoms with Crippen LogP contribution in [0.2, 0.25) is 0 Å². The summed E-state index contributed by atoms with van der Waals surface area (Å²) in [6.07, 6.45) is 1.55. The third-order valence-electron chi connectivity index (χ3n) is 3.49. The van der Waals surface area contributed by atoms with Crippen molar-refractivity contribution in [3.05, 3.63) is 89.4 Å². The summed E-state index contributed by atoms with van der Waals surface area (Å²) in [5.74, 6) is 1.20. The van der Waals surface area contributed by atoms with Crippen LogP contribution in [0.15, 0.2) is 76.2 Å². The Morgan fingerprint density at radius 2 is 1.84 bits per heavy atom. The van der Waals surface area contributed by atoms with Gasteiger partial charge >= 0.3 is 5.91 Å². The molecule has 0 aliphatic carbocycles. The average molecular weight is 334 g/mol. The zero-order valence-electron chi connectivity index (χ0n) is 13.8. The third-order valence-corrected chi connectivity index (χ3v) is 3.49. The molecule has 5 heteroatoms. The van der Waals surface area contributed by atoms with Gasteiger partial charge in [-0.3, -0.25) is 4.79 Å². The molecule has 1 amide bonds. The van der Waals surface area contributed by atoms with Crippen molar-refractivity contribution in [3.8, 4) is 5.75 Å². The molecular weight excluding hydrogens is 316 g/mol. The first kappa shape index (κ1) is 16.5. The molecule has 0 saturated carbocycles. The van der Waals surface area contributed by atoms with Gasteiger partial charge in [0.1, 0.15) is 18.1 Å². The van der Waals surface area contributed by atoms with Gasteiger partial charge in [-0.25, -0.2) is 5.43 Å². The lowest BCUT2D eigenvalue weighted by Crippen LogP contribution is -2.16. The van der Waals surface area contributed by atoms with Crippen LogP contribution in [-0.4, -0.2) is 12.1 Å². The monoisotopic (exact) mass is 334 g/mol. The quantitative estimate of drug-likeness (QED) is 0.549. The number of nitrogens with zero attached hydrogens (tertiary/aromatic N) is 1. The highest BCUT2D eigenvalue weighted by Gasteiger charge is 2.08. The number of ether oxygens (including phenoxy) is 1. The van der Waals surface area contributed by atoms with Gasteiger partial charge in [0.15, 0.2) is 5.76 Å². The predicted molar refractivity (Wildman–Crippen MR) is 95.7 cm³/mol. The van der Waals surface area contributed by atoms with E-state index in [-0.39, 0.29) is 5.76 Å². The van der Waals surface area contributed by atoms with E-state index in [1.54, 1.807) is 25.3 Å². The molecule has 0 atom stereocenters. The van der Waals surface area contributed by atoms with Crippen molar-refractivity contribution in [2.75, 3.05) is 0 Å². The van der Waals surface area contributed by atoms with Gasteiger partial charge in [-0.15, -0.1) is 0 Å². The van der Waals surface area contributed by atoms with Crippen LogP contribution < -0.4 is 10.2 Å². The highest BCUT2D eigenvalue weighted by atomic mass is 16.5. The Morgan fingerprint density at radius 3 is 2.60 bits per heavy atom. The normalized spacial score (nSPS) is 10.8. The van der Waals surface area contributed by atoms with Gasteiger partial charge in [0, 0.05) is 5.56 Å². The van der Waals surface area contributed by atoms with Crippen molar-refractivity contribution >= 4 is 12.1 Å². The summed E-state index contributed by atoms with van der Waals surface area (Å²) in [6, 6.07) is 20.8. The van der Waals surface area contributed by atoms with E-state index in [9.17, 15) is 4.79 Å². The molecule has 1 N–H and O–H groups in total. The van der Waals surface area contributed by atoms with E-state index < -0.39 is 5.91 Å². The SMILES string of the molecule is Cc1ccc(C(=O)N/N=C/c2ccccc2OCc2ccccc2)o1. The summed E-state index contributed by atoms with van der Waals surface area (Å²) in [5, 5.41) is 3.98. The topological polar surface area (TPSA) is 63.8 Å². The number of furan rings is 1. The molecule has 3 rings (SSSR count). The van der Waals surface area contributed by atoms with E-state index in [4.69, 9.17) is 9.15 Å². The van der Waals surface area contributed by atoms with Gasteiger partial charge in [0.05, 0.1) is 6.21 Å². The Bertz CT molecular complexity index is 869. The molecule has 0 unspecified atom stereocenters. The molecule has 25 heavy (non-hydrogen) atoms. The standard InChI is InChI=1S/C20H18N2O3/c1-15-11-12-19(25-15)20(23)22-21-13-17-9-5-6-10-18(17)24-14-16-7-3-2-4-8-16/h2-13H,14H2,1H3,(H,22,23)/b21-13+. The molecule has 0 fully saturated rings. The minimum Gasteiger partial charge on any atom is -0.488 e. The molecule has 2 aromatic carbocycles. The second-order valence-corrected chi connectivity index (χ2v) is 5.42. The summed E-state index contributed by atoms with van der Waals surface area (Å²) in [5.41, 5.74) is 4.29. The Balaban J connectivity index is 1.63. The van der Waals surface area contributed by atoms with Gasteiger partial charge in [-0.1, -0.05) is 42.5 Å². The van der Waals surface area contributed by atoms with E-state index in [0.717, 1.165) is 11.1 Å². The molecule has 0 bridgehead atoms. The largest absolute Gasteiger partial charge is 0.488 e. The lowest BCUT2D eigenvalue weighted by atomic mass is 10.2. The van der Waals surface area contributed by atoms with Crippen molar-refractivity contribution in [2.24, 2.45) is 5.10 Å². The maximum atomic E-state index is 11.9. The third kappa shape index (κ3) is 4.57. The Hall–Kier alpha value is -3.34. The van der Waals surface area contributed by atoms with Gasteiger partial charge in [0.2, 0.25) is 0 Å². The maximum absolute atomic E-state index is 11.9. The van der Waals surface area contributed by atoms with Crippen LogP contribution in [0, 0.1) is 6.92 Å². The first-order chi connectivity index (χ1) is 12.2. The number of amides is 1. The number of aryl methyl sites for hydroxylation is 1. The van der Waals surface area contributed by atoms with Crippen molar-refractivity contribution < 1.29 is 13.9 Å². The Morgan fingerprint density at radius 1 is 1.08 bits per heavy atom. The second kappa shape index (κ2) is 7.97. The number of carbonyl (C=O) groups is 1.